The second-order valence-corrected chi connectivity index (χ2v) is 9.22. The molecule has 0 spiro atoms. The van der Waals surface area contributed by atoms with Gasteiger partial charge in [-0.15, -0.1) is 0 Å². The molecule has 0 aliphatic rings. The van der Waals surface area contributed by atoms with E-state index in [1.165, 1.54) is 7.11 Å². The van der Waals surface area contributed by atoms with E-state index in [1.807, 2.05) is 60.7 Å². The van der Waals surface area contributed by atoms with E-state index < -0.39 is 35.2 Å². The topological polar surface area (TPSA) is 98.8 Å². The van der Waals surface area contributed by atoms with Gasteiger partial charge in [0.05, 0.1) is 7.11 Å². The van der Waals surface area contributed by atoms with Crippen molar-refractivity contribution in [2.75, 3.05) is 7.11 Å². The zero-order chi connectivity index (χ0) is 25.1. The van der Waals surface area contributed by atoms with Crippen molar-refractivity contribution >= 4 is 23.6 Å². The molecule has 2 aromatic rings. The predicted molar refractivity (Wildman–Crippen MR) is 128 cm³/mol. The van der Waals surface area contributed by atoms with E-state index in [9.17, 15) is 19.2 Å². The van der Waals surface area contributed by atoms with E-state index in [0.717, 1.165) is 11.1 Å². The molecule has 2 rings (SSSR count). The van der Waals surface area contributed by atoms with E-state index in [4.69, 9.17) is 9.47 Å². The summed E-state index contributed by atoms with van der Waals surface area (Å²) in [5.74, 6) is -2.66. The van der Waals surface area contributed by atoms with Gasteiger partial charge in [0.25, 0.3) is 0 Å². The molecule has 0 aromatic heterocycles. The maximum Gasteiger partial charge on any atom is 0.407 e. The van der Waals surface area contributed by atoms with E-state index in [1.54, 1.807) is 20.8 Å². The van der Waals surface area contributed by atoms with Crippen molar-refractivity contribution < 1.29 is 28.7 Å². The van der Waals surface area contributed by atoms with Gasteiger partial charge in [-0.1, -0.05) is 81.4 Å². The Hall–Kier alpha value is -3.48. The van der Waals surface area contributed by atoms with Crippen LogP contribution in [0, 0.1) is 11.3 Å². The zero-order valence-electron chi connectivity index (χ0n) is 20.2. The Morgan fingerprint density at radius 3 is 1.94 bits per heavy atom. The minimum atomic E-state index is -1.22. The third kappa shape index (κ3) is 8.81. The van der Waals surface area contributed by atoms with Crippen LogP contribution >= 0.6 is 0 Å². The zero-order valence-corrected chi connectivity index (χ0v) is 20.2. The summed E-state index contributed by atoms with van der Waals surface area (Å²) in [7, 11) is 1.19. The molecule has 0 aliphatic heterocycles. The highest BCUT2D eigenvalue weighted by atomic mass is 16.5. The van der Waals surface area contributed by atoms with Crippen LogP contribution in [0.2, 0.25) is 0 Å². The molecule has 0 bridgehead atoms. The van der Waals surface area contributed by atoms with Gasteiger partial charge in [-0.05, 0) is 17.5 Å². The number of rotatable bonds is 11. The summed E-state index contributed by atoms with van der Waals surface area (Å²) < 4.78 is 10.1. The number of benzene rings is 2. The second kappa shape index (κ2) is 12.7. The van der Waals surface area contributed by atoms with E-state index in [0.29, 0.717) is 6.42 Å². The number of amides is 1. The molecule has 1 amide bonds. The highest BCUT2D eigenvalue weighted by Gasteiger charge is 2.35. The van der Waals surface area contributed by atoms with Crippen molar-refractivity contribution in [3.63, 3.8) is 0 Å². The molecule has 0 saturated heterocycles. The summed E-state index contributed by atoms with van der Waals surface area (Å²) in [5.41, 5.74) is 1.04. The molecule has 1 N–H and O–H groups in total. The van der Waals surface area contributed by atoms with E-state index >= 15 is 0 Å². The molecule has 2 aromatic carbocycles. The average molecular weight is 468 g/mol. The minimum Gasteiger partial charge on any atom is -0.468 e. The van der Waals surface area contributed by atoms with Crippen molar-refractivity contribution in [1.29, 1.82) is 0 Å². The molecule has 2 atom stereocenters. The highest BCUT2D eigenvalue weighted by molar-refractivity contribution is 6.03. The lowest BCUT2D eigenvalue weighted by Gasteiger charge is -2.23. The van der Waals surface area contributed by atoms with Crippen molar-refractivity contribution in [1.82, 2.24) is 5.32 Å². The molecule has 7 heteroatoms. The van der Waals surface area contributed by atoms with Gasteiger partial charge in [0.15, 0.2) is 0 Å². The molecular formula is C27H33NO6. The van der Waals surface area contributed by atoms with Gasteiger partial charge in [0, 0.05) is 24.3 Å². The summed E-state index contributed by atoms with van der Waals surface area (Å²) in [6.45, 7) is 5.29. The Labute approximate surface area is 200 Å². The number of hydrogen-bond donors (Lipinski definition) is 1. The smallest absolute Gasteiger partial charge is 0.407 e. The van der Waals surface area contributed by atoms with Gasteiger partial charge in [-0.25, -0.2) is 4.79 Å². The summed E-state index contributed by atoms with van der Waals surface area (Å²) in [5, 5.41) is 2.74. The number of hydrogen-bond acceptors (Lipinski definition) is 6. The fraction of sp³-hybridized carbons (Fsp3) is 0.407. The number of ether oxygens (including phenoxy) is 2. The van der Waals surface area contributed by atoms with E-state index in [2.05, 4.69) is 5.32 Å². The number of carbonyl (C=O) groups is 4. The Balaban J connectivity index is 2.13. The molecule has 0 aliphatic carbocycles. The number of nitrogens with one attached hydrogen (secondary N) is 1. The largest absolute Gasteiger partial charge is 0.468 e. The molecule has 182 valence electrons. The number of esters is 1. The summed E-state index contributed by atoms with van der Waals surface area (Å²) in [6, 6.07) is 18.0. The SMILES string of the molecule is COC(=O)C(CC(=O)C(C)(C)C)C(=O)C[C@H](Cc1ccccc1)NC(=O)OCc1ccccc1. The van der Waals surface area contributed by atoms with Crippen LogP contribution in [0.1, 0.15) is 44.7 Å². The maximum atomic E-state index is 13.1. The lowest BCUT2D eigenvalue weighted by Crippen LogP contribution is -2.41. The Bertz CT molecular complexity index is 966. The molecule has 0 heterocycles. The third-order valence-corrected chi connectivity index (χ3v) is 5.41. The summed E-state index contributed by atoms with van der Waals surface area (Å²) >= 11 is 0. The van der Waals surface area contributed by atoms with Crippen LogP contribution in [-0.2, 0) is 36.9 Å². The Morgan fingerprint density at radius 1 is 0.853 bits per heavy atom. The number of methoxy groups -OCH3 is 1. The predicted octanol–water partition coefficient (Wildman–Crippen LogP) is 4.28. The van der Waals surface area contributed by atoms with Crippen LogP contribution < -0.4 is 5.32 Å². The first-order valence-corrected chi connectivity index (χ1v) is 11.2. The van der Waals surface area contributed by atoms with Crippen LogP contribution in [0.3, 0.4) is 0 Å². The molecule has 0 fully saturated rings. The van der Waals surface area contributed by atoms with Crippen molar-refractivity contribution in [2.24, 2.45) is 11.3 Å². The van der Waals surface area contributed by atoms with Crippen LogP contribution in [-0.4, -0.2) is 36.8 Å². The molecule has 0 saturated carbocycles. The third-order valence-electron chi connectivity index (χ3n) is 5.41. The Kier molecular flexibility index (Phi) is 9.98. The van der Waals surface area contributed by atoms with Gasteiger partial charge in [-0.3, -0.25) is 14.4 Å². The number of ketones is 2. The van der Waals surface area contributed by atoms with Crippen LogP contribution in [0.15, 0.2) is 60.7 Å². The maximum absolute atomic E-state index is 13.1. The fourth-order valence-electron chi connectivity index (χ4n) is 3.35. The molecular weight excluding hydrogens is 434 g/mol. The summed E-state index contributed by atoms with van der Waals surface area (Å²) in [4.78, 5) is 50.5. The molecule has 7 nitrogen and oxygen atoms in total. The standard InChI is InChI=1S/C27H33NO6/c1-27(2,3)24(30)17-22(25(31)33-4)23(29)16-21(15-19-11-7-5-8-12-19)28-26(32)34-18-20-13-9-6-10-14-20/h5-14,21-22H,15-18H2,1-4H3,(H,28,32)/t21-,22?/m0/s1. The van der Waals surface area contributed by atoms with Gasteiger partial charge in [0.2, 0.25) is 0 Å². The number of carbonyl (C=O) groups excluding carboxylic acids is 4. The quantitative estimate of drug-likeness (QED) is 0.391. The number of alkyl carbamates (subject to hydrolysis) is 1. The normalized spacial score (nSPS) is 12.8. The summed E-state index contributed by atoms with van der Waals surface area (Å²) in [6.07, 6.45) is -0.704. The lowest BCUT2D eigenvalue weighted by molar-refractivity contribution is -0.152. The minimum absolute atomic E-state index is 0.0869. The Morgan fingerprint density at radius 2 is 1.41 bits per heavy atom. The van der Waals surface area contributed by atoms with Crippen LogP contribution in [0.4, 0.5) is 4.79 Å². The average Bonchev–Trinajstić information content (AvgIpc) is 2.81. The van der Waals surface area contributed by atoms with Crippen molar-refractivity contribution in [3.05, 3.63) is 71.8 Å². The second-order valence-electron chi connectivity index (χ2n) is 9.22. The first kappa shape index (κ1) is 26.8. The van der Waals surface area contributed by atoms with Gasteiger partial charge >= 0.3 is 12.1 Å². The van der Waals surface area contributed by atoms with Gasteiger partial charge < -0.3 is 14.8 Å². The molecule has 34 heavy (non-hydrogen) atoms. The molecule has 0 radical (unpaired) electrons. The molecule has 1 unspecified atom stereocenters. The first-order valence-electron chi connectivity index (χ1n) is 11.2. The van der Waals surface area contributed by atoms with Crippen LogP contribution in [0.25, 0.3) is 0 Å². The monoisotopic (exact) mass is 467 g/mol. The van der Waals surface area contributed by atoms with Gasteiger partial charge in [0.1, 0.15) is 24.1 Å². The first-order chi connectivity index (χ1) is 16.1. The van der Waals surface area contributed by atoms with Gasteiger partial charge in [-0.2, -0.15) is 0 Å². The van der Waals surface area contributed by atoms with Crippen molar-refractivity contribution in [3.8, 4) is 0 Å². The highest BCUT2D eigenvalue weighted by Crippen LogP contribution is 2.23. The van der Waals surface area contributed by atoms with Crippen LogP contribution in [0.5, 0.6) is 0 Å². The van der Waals surface area contributed by atoms with E-state index in [-0.39, 0.29) is 25.2 Å². The van der Waals surface area contributed by atoms with Crippen molar-refractivity contribution in [2.45, 2.75) is 52.7 Å². The lowest BCUT2D eigenvalue weighted by atomic mass is 9.82. The fourth-order valence-corrected chi connectivity index (χ4v) is 3.35. The number of Topliss-reactive ketones (excluding diaryl/α,β-unsaturated/α-hetero) is 2.